The lowest BCUT2D eigenvalue weighted by Gasteiger charge is -1.95. The fourth-order valence-corrected chi connectivity index (χ4v) is 0.565. The van der Waals surface area contributed by atoms with Crippen molar-refractivity contribution in [3.63, 3.8) is 0 Å². The third-order valence-electron chi connectivity index (χ3n) is 0.498. The van der Waals surface area contributed by atoms with E-state index in [1.165, 1.54) is 6.92 Å². The van der Waals surface area contributed by atoms with Crippen LogP contribution in [0, 0.1) is 0 Å². The van der Waals surface area contributed by atoms with Gasteiger partial charge in [0.2, 0.25) is 0 Å². The fraction of sp³-hybridized carbons (Fsp3) is 0.667. The van der Waals surface area contributed by atoms with Crippen LogP contribution in [-0.2, 0) is 19.3 Å². The third kappa shape index (κ3) is 5.25. The summed E-state index contributed by atoms with van der Waals surface area (Å²) in [4.78, 5) is 10.1. The number of carbonyl (C=O) groups is 1. The van der Waals surface area contributed by atoms with Crippen LogP contribution in [0.25, 0.3) is 0 Å². The Morgan fingerprint density at radius 3 is 2.22 bits per heavy atom. The van der Waals surface area contributed by atoms with Crippen LogP contribution < -0.4 is 5.14 Å². The first-order chi connectivity index (χ1) is 3.95. The average Bonchev–Trinajstić information content (AvgIpc) is 1.62. The van der Waals surface area contributed by atoms with Gasteiger partial charge >= 0.3 is 16.3 Å². The zero-order valence-corrected chi connectivity index (χ0v) is 5.64. The molecular weight excluding hydrogens is 146 g/mol. The summed E-state index contributed by atoms with van der Waals surface area (Å²) in [6.07, 6.45) is -0.00354. The molecule has 0 radical (unpaired) electrons. The molecule has 0 fully saturated rings. The van der Waals surface area contributed by atoms with Gasteiger partial charge in [-0.25, -0.2) is 0 Å². The lowest BCUT2D eigenvalue weighted by molar-refractivity contribution is -0.133. The van der Waals surface area contributed by atoms with Gasteiger partial charge in [0.05, 0.1) is 0 Å². The molecule has 2 N–H and O–H groups in total. The molecule has 0 saturated carbocycles. The first-order valence-corrected chi connectivity index (χ1v) is 3.68. The van der Waals surface area contributed by atoms with Crippen LogP contribution in [0.4, 0.5) is 0 Å². The highest BCUT2D eigenvalue weighted by Gasteiger charge is 2.07. The summed E-state index contributed by atoms with van der Waals surface area (Å²) in [5.74, 6) is -0.850. The molecule has 0 saturated heterocycles. The van der Waals surface area contributed by atoms with Crippen molar-refractivity contribution >= 4 is 16.3 Å². The smallest absolute Gasteiger partial charge is 0.334 e. The maximum absolute atomic E-state index is 10.1. The van der Waals surface area contributed by atoms with Crippen molar-refractivity contribution in [1.29, 1.82) is 0 Å². The maximum atomic E-state index is 10.1. The van der Waals surface area contributed by atoms with Gasteiger partial charge in [-0.2, -0.15) is 13.6 Å². The highest BCUT2D eigenvalue weighted by Crippen LogP contribution is 1.87. The van der Waals surface area contributed by atoms with E-state index < -0.39 is 16.3 Å². The molecule has 0 heterocycles. The van der Waals surface area contributed by atoms with Crippen molar-refractivity contribution in [2.75, 3.05) is 0 Å². The lowest BCUT2D eigenvalue weighted by atomic mass is 10.5. The Balaban J connectivity index is 3.91. The van der Waals surface area contributed by atoms with E-state index in [9.17, 15) is 13.2 Å². The molecule has 0 rings (SSSR count). The highest BCUT2D eigenvalue weighted by atomic mass is 32.2. The summed E-state index contributed by atoms with van der Waals surface area (Å²) in [5, 5.41) is 4.34. The molecule has 0 aliphatic heterocycles. The largest absolute Gasteiger partial charge is 0.382 e. The maximum Gasteiger partial charge on any atom is 0.382 e. The molecule has 0 bridgehead atoms. The zero-order valence-electron chi connectivity index (χ0n) is 4.83. The van der Waals surface area contributed by atoms with E-state index in [1.807, 2.05) is 0 Å². The van der Waals surface area contributed by atoms with Gasteiger partial charge in [-0.1, -0.05) is 6.92 Å². The molecule has 5 nitrogen and oxygen atoms in total. The summed E-state index contributed by atoms with van der Waals surface area (Å²) in [7, 11) is -4.08. The Kier molecular flexibility index (Phi) is 2.60. The standard InChI is InChI=1S/C3H7NO4S/c1-2-3(5)8-9(4,6)7/h2H2,1H3,(H2,4,6,7). The number of hydrogen-bond acceptors (Lipinski definition) is 4. The Morgan fingerprint density at radius 1 is 1.67 bits per heavy atom. The third-order valence-corrected chi connectivity index (χ3v) is 0.916. The molecule has 0 aliphatic carbocycles. The van der Waals surface area contributed by atoms with Gasteiger partial charge in [-0.3, -0.25) is 4.79 Å². The predicted octanol–water partition coefficient (Wildman–Crippen LogP) is -0.857. The molecule has 0 spiro atoms. The van der Waals surface area contributed by atoms with E-state index in [2.05, 4.69) is 9.32 Å². The molecule has 9 heavy (non-hydrogen) atoms. The molecule has 0 aromatic heterocycles. The summed E-state index contributed by atoms with van der Waals surface area (Å²) < 4.78 is 23.6. The Morgan fingerprint density at radius 2 is 2.11 bits per heavy atom. The van der Waals surface area contributed by atoms with Crippen molar-refractivity contribution in [3.8, 4) is 0 Å². The molecule has 0 unspecified atom stereocenters. The Bertz CT molecular complexity index is 194. The van der Waals surface area contributed by atoms with E-state index in [0.29, 0.717) is 0 Å². The summed E-state index contributed by atoms with van der Waals surface area (Å²) >= 11 is 0. The van der Waals surface area contributed by atoms with E-state index in [-0.39, 0.29) is 6.42 Å². The second-order valence-corrected chi connectivity index (χ2v) is 2.45. The second kappa shape index (κ2) is 2.79. The van der Waals surface area contributed by atoms with Gasteiger partial charge in [-0.05, 0) is 0 Å². The normalized spacial score (nSPS) is 10.9. The molecule has 0 atom stereocenters. The van der Waals surface area contributed by atoms with Crippen LogP contribution in [0.5, 0.6) is 0 Å². The van der Waals surface area contributed by atoms with E-state index >= 15 is 0 Å². The van der Waals surface area contributed by atoms with Crippen molar-refractivity contribution in [2.45, 2.75) is 13.3 Å². The quantitative estimate of drug-likeness (QED) is 0.559. The van der Waals surface area contributed by atoms with Gasteiger partial charge in [0.25, 0.3) is 0 Å². The minimum Gasteiger partial charge on any atom is -0.334 e. The van der Waals surface area contributed by atoms with Crippen LogP contribution in [0.3, 0.4) is 0 Å². The number of hydrogen-bond donors (Lipinski definition) is 1. The molecule has 6 heteroatoms. The van der Waals surface area contributed by atoms with Gasteiger partial charge in [0.15, 0.2) is 0 Å². The Labute approximate surface area is 53.1 Å². The van der Waals surface area contributed by atoms with E-state index in [4.69, 9.17) is 0 Å². The van der Waals surface area contributed by atoms with Crippen molar-refractivity contribution in [1.82, 2.24) is 0 Å². The number of rotatable bonds is 2. The summed E-state index contributed by atoms with van der Waals surface area (Å²) in [6, 6.07) is 0. The van der Waals surface area contributed by atoms with E-state index in [0.717, 1.165) is 0 Å². The highest BCUT2D eigenvalue weighted by molar-refractivity contribution is 7.84. The molecule has 54 valence electrons. The van der Waals surface area contributed by atoms with Gasteiger partial charge in [0, 0.05) is 6.42 Å². The van der Waals surface area contributed by atoms with Crippen LogP contribution in [0.1, 0.15) is 13.3 Å². The van der Waals surface area contributed by atoms with Crippen LogP contribution >= 0.6 is 0 Å². The van der Waals surface area contributed by atoms with Crippen molar-refractivity contribution < 1.29 is 17.4 Å². The second-order valence-electron chi connectivity index (χ2n) is 1.30. The predicted molar refractivity (Wildman–Crippen MR) is 29.5 cm³/mol. The SMILES string of the molecule is CCC(=O)OS(N)(=O)=O. The number of nitrogens with two attached hydrogens (primary N) is 1. The number of carbonyl (C=O) groups excluding carboxylic acids is 1. The van der Waals surface area contributed by atoms with Crippen molar-refractivity contribution in [3.05, 3.63) is 0 Å². The topological polar surface area (TPSA) is 86.5 Å². The van der Waals surface area contributed by atoms with Gasteiger partial charge < -0.3 is 4.18 Å². The lowest BCUT2D eigenvalue weighted by Crippen LogP contribution is -2.19. The molecule has 0 aromatic carbocycles. The minimum atomic E-state index is -4.08. The average molecular weight is 153 g/mol. The van der Waals surface area contributed by atoms with Crippen LogP contribution in [0.15, 0.2) is 0 Å². The minimum absolute atomic E-state index is 0.00354. The van der Waals surface area contributed by atoms with E-state index in [1.54, 1.807) is 0 Å². The fourth-order valence-electron chi connectivity index (χ4n) is 0.188. The zero-order chi connectivity index (χ0) is 7.49. The molecule has 0 amide bonds. The first-order valence-electron chi connectivity index (χ1n) is 2.20. The summed E-state index contributed by atoms with van der Waals surface area (Å²) in [6.45, 7) is 1.47. The van der Waals surface area contributed by atoms with Crippen molar-refractivity contribution in [2.24, 2.45) is 5.14 Å². The molecular formula is C3H7NO4S. The van der Waals surface area contributed by atoms with Crippen LogP contribution in [0.2, 0.25) is 0 Å². The molecule has 0 aliphatic rings. The Hall–Kier alpha value is -0.620. The van der Waals surface area contributed by atoms with Gasteiger partial charge in [0.1, 0.15) is 0 Å². The van der Waals surface area contributed by atoms with Crippen LogP contribution in [-0.4, -0.2) is 14.4 Å². The molecule has 0 aromatic rings. The first kappa shape index (κ1) is 8.38. The summed E-state index contributed by atoms with van der Waals surface area (Å²) in [5.41, 5.74) is 0. The van der Waals surface area contributed by atoms with Gasteiger partial charge in [-0.15, -0.1) is 0 Å². The monoisotopic (exact) mass is 153 g/mol.